The Labute approximate surface area is 147 Å². The molecular formula is C17H27N5O3. The zero-order chi connectivity index (χ0) is 17.6. The molecule has 1 atom stereocenters. The van der Waals surface area contributed by atoms with E-state index in [0.29, 0.717) is 42.7 Å². The molecule has 0 spiro atoms. The Morgan fingerprint density at radius 1 is 1.28 bits per heavy atom. The van der Waals surface area contributed by atoms with Gasteiger partial charge < -0.3 is 25.8 Å². The number of aromatic nitrogens is 2. The van der Waals surface area contributed by atoms with E-state index in [0.717, 1.165) is 38.7 Å². The van der Waals surface area contributed by atoms with Gasteiger partial charge in [-0.05, 0) is 39.0 Å². The molecule has 0 bridgehead atoms. The minimum atomic E-state index is -0.537. The van der Waals surface area contributed by atoms with Crippen molar-refractivity contribution in [3.8, 4) is 0 Å². The number of ether oxygens (including phenoxy) is 2. The Kier molecular flexibility index (Phi) is 6.04. The molecule has 1 aromatic heterocycles. The van der Waals surface area contributed by atoms with Crippen molar-refractivity contribution in [2.75, 3.05) is 30.5 Å². The SMILES string of the molecule is CCO[C@H]1CC[C@H](Nc2ncc(C(N)=O)c(N[C@@H]3CCOC3)n2)CC1. The first-order valence-electron chi connectivity index (χ1n) is 9.05. The number of carbonyl (C=O) groups is 1. The zero-order valence-electron chi connectivity index (χ0n) is 14.7. The smallest absolute Gasteiger partial charge is 0.254 e. The van der Waals surface area contributed by atoms with Gasteiger partial charge in [0.05, 0.1) is 24.3 Å². The highest BCUT2D eigenvalue weighted by Crippen LogP contribution is 2.24. The summed E-state index contributed by atoms with van der Waals surface area (Å²) in [4.78, 5) is 20.4. The van der Waals surface area contributed by atoms with Crippen molar-refractivity contribution < 1.29 is 14.3 Å². The van der Waals surface area contributed by atoms with Crippen molar-refractivity contribution >= 4 is 17.7 Å². The highest BCUT2D eigenvalue weighted by Gasteiger charge is 2.23. The van der Waals surface area contributed by atoms with E-state index in [-0.39, 0.29) is 6.04 Å². The van der Waals surface area contributed by atoms with Crippen LogP contribution in [0.5, 0.6) is 0 Å². The molecule has 2 heterocycles. The summed E-state index contributed by atoms with van der Waals surface area (Å²) in [5.74, 6) is 0.458. The number of nitrogens with one attached hydrogen (secondary N) is 2. The van der Waals surface area contributed by atoms with E-state index in [1.165, 1.54) is 6.20 Å². The fraction of sp³-hybridized carbons (Fsp3) is 0.706. The lowest BCUT2D eigenvalue weighted by atomic mass is 9.93. The second-order valence-electron chi connectivity index (χ2n) is 6.60. The molecule has 1 amide bonds. The largest absolute Gasteiger partial charge is 0.379 e. The number of hydrogen-bond donors (Lipinski definition) is 3. The van der Waals surface area contributed by atoms with Crippen LogP contribution in [0.25, 0.3) is 0 Å². The second-order valence-corrected chi connectivity index (χ2v) is 6.60. The van der Waals surface area contributed by atoms with E-state index in [9.17, 15) is 4.79 Å². The normalized spacial score (nSPS) is 26.4. The average Bonchev–Trinajstić information content (AvgIpc) is 3.10. The van der Waals surface area contributed by atoms with Gasteiger partial charge in [-0.2, -0.15) is 4.98 Å². The molecule has 1 aromatic rings. The number of rotatable bonds is 7. The maximum Gasteiger partial charge on any atom is 0.254 e. The summed E-state index contributed by atoms with van der Waals surface area (Å²) in [6, 6.07) is 0.460. The Morgan fingerprint density at radius 3 is 2.72 bits per heavy atom. The summed E-state index contributed by atoms with van der Waals surface area (Å²) >= 11 is 0. The predicted octanol–water partition coefficient (Wildman–Crippen LogP) is 1.54. The molecule has 25 heavy (non-hydrogen) atoms. The third kappa shape index (κ3) is 4.79. The lowest BCUT2D eigenvalue weighted by Crippen LogP contribution is -2.31. The van der Waals surface area contributed by atoms with E-state index >= 15 is 0 Å². The van der Waals surface area contributed by atoms with Crippen molar-refractivity contribution in [1.82, 2.24) is 9.97 Å². The first kappa shape index (κ1) is 17.9. The highest BCUT2D eigenvalue weighted by atomic mass is 16.5. The summed E-state index contributed by atoms with van der Waals surface area (Å²) in [5.41, 5.74) is 5.75. The molecule has 0 radical (unpaired) electrons. The minimum Gasteiger partial charge on any atom is -0.379 e. The van der Waals surface area contributed by atoms with Crippen LogP contribution >= 0.6 is 0 Å². The van der Waals surface area contributed by atoms with Crippen LogP contribution in [0.4, 0.5) is 11.8 Å². The Hall–Kier alpha value is -1.93. The maximum atomic E-state index is 11.6. The first-order chi connectivity index (χ1) is 12.2. The van der Waals surface area contributed by atoms with E-state index in [2.05, 4.69) is 20.6 Å². The monoisotopic (exact) mass is 349 g/mol. The van der Waals surface area contributed by atoms with Crippen molar-refractivity contribution in [1.29, 1.82) is 0 Å². The minimum absolute atomic E-state index is 0.141. The van der Waals surface area contributed by atoms with Crippen LogP contribution in [0.2, 0.25) is 0 Å². The van der Waals surface area contributed by atoms with Crippen LogP contribution in [0.15, 0.2) is 6.20 Å². The fourth-order valence-corrected chi connectivity index (χ4v) is 3.38. The van der Waals surface area contributed by atoms with E-state index in [1.807, 2.05) is 6.92 Å². The molecule has 4 N–H and O–H groups in total. The van der Waals surface area contributed by atoms with E-state index in [4.69, 9.17) is 15.2 Å². The van der Waals surface area contributed by atoms with Crippen LogP contribution in [-0.2, 0) is 9.47 Å². The number of carbonyl (C=O) groups excluding carboxylic acids is 1. The molecule has 0 aromatic carbocycles. The molecule has 1 aliphatic carbocycles. The molecule has 1 saturated carbocycles. The molecule has 2 aliphatic rings. The van der Waals surface area contributed by atoms with Crippen molar-refractivity contribution in [2.24, 2.45) is 5.73 Å². The number of amides is 1. The van der Waals surface area contributed by atoms with Crippen LogP contribution in [0, 0.1) is 0 Å². The highest BCUT2D eigenvalue weighted by molar-refractivity contribution is 5.97. The molecular weight excluding hydrogens is 322 g/mol. The average molecular weight is 349 g/mol. The van der Waals surface area contributed by atoms with Gasteiger partial charge in [-0.15, -0.1) is 0 Å². The third-order valence-corrected chi connectivity index (χ3v) is 4.73. The quantitative estimate of drug-likeness (QED) is 0.684. The van der Waals surface area contributed by atoms with Crippen LogP contribution in [0.1, 0.15) is 49.4 Å². The standard InChI is InChI=1S/C17H27N5O3/c1-2-25-13-5-3-11(4-6-13)21-17-19-9-14(15(18)23)16(22-17)20-12-7-8-24-10-12/h9,11-13H,2-8,10H2,1H3,(H2,18,23)(H2,19,20,21,22)/t11-,12-,13-/m1/s1. The van der Waals surface area contributed by atoms with Gasteiger partial charge >= 0.3 is 0 Å². The van der Waals surface area contributed by atoms with Crippen molar-refractivity contribution in [3.63, 3.8) is 0 Å². The Morgan fingerprint density at radius 2 is 2.08 bits per heavy atom. The van der Waals surface area contributed by atoms with Gasteiger partial charge in [0, 0.05) is 25.5 Å². The number of hydrogen-bond acceptors (Lipinski definition) is 7. The van der Waals surface area contributed by atoms with Crippen LogP contribution < -0.4 is 16.4 Å². The lowest BCUT2D eigenvalue weighted by molar-refractivity contribution is 0.0346. The van der Waals surface area contributed by atoms with E-state index in [1.54, 1.807) is 0 Å². The molecule has 3 rings (SSSR count). The summed E-state index contributed by atoms with van der Waals surface area (Å²) < 4.78 is 11.0. The van der Waals surface area contributed by atoms with Crippen LogP contribution in [-0.4, -0.2) is 53.9 Å². The van der Waals surface area contributed by atoms with Gasteiger partial charge in [0.2, 0.25) is 5.95 Å². The summed E-state index contributed by atoms with van der Waals surface area (Å²) in [6.45, 7) is 4.11. The number of nitrogens with zero attached hydrogens (tertiary/aromatic N) is 2. The molecule has 8 nitrogen and oxygen atoms in total. The van der Waals surface area contributed by atoms with E-state index < -0.39 is 5.91 Å². The molecule has 1 saturated heterocycles. The zero-order valence-corrected chi connectivity index (χ0v) is 14.7. The molecule has 2 fully saturated rings. The van der Waals surface area contributed by atoms with Gasteiger partial charge in [-0.25, -0.2) is 4.98 Å². The van der Waals surface area contributed by atoms with Crippen molar-refractivity contribution in [3.05, 3.63) is 11.8 Å². The molecule has 1 aliphatic heterocycles. The van der Waals surface area contributed by atoms with Gasteiger partial charge in [0.1, 0.15) is 5.82 Å². The number of primary amides is 1. The lowest BCUT2D eigenvalue weighted by Gasteiger charge is -2.29. The summed E-state index contributed by atoms with van der Waals surface area (Å²) in [6.07, 6.45) is 6.84. The van der Waals surface area contributed by atoms with Crippen molar-refractivity contribution in [2.45, 2.75) is 57.2 Å². The summed E-state index contributed by atoms with van der Waals surface area (Å²) in [7, 11) is 0. The van der Waals surface area contributed by atoms with Crippen LogP contribution in [0.3, 0.4) is 0 Å². The maximum absolute atomic E-state index is 11.6. The molecule has 138 valence electrons. The Bertz CT molecular complexity index is 584. The fourth-order valence-electron chi connectivity index (χ4n) is 3.38. The Balaban J connectivity index is 1.64. The molecule has 8 heteroatoms. The van der Waals surface area contributed by atoms with Gasteiger partial charge in [-0.1, -0.05) is 0 Å². The van der Waals surface area contributed by atoms with Gasteiger partial charge in [0.15, 0.2) is 0 Å². The topological polar surface area (TPSA) is 111 Å². The predicted molar refractivity (Wildman–Crippen MR) is 94.7 cm³/mol. The summed E-state index contributed by atoms with van der Waals surface area (Å²) in [5, 5.41) is 6.63. The number of nitrogens with two attached hydrogens (primary N) is 1. The number of anilines is 2. The second kappa shape index (κ2) is 8.44. The van der Waals surface area contributed by atoms with Gasteiger partial charge in [-0.3, -0.25) is 4.79 Å². The molecule has 0 unspecified atom stereocenters. The third-order valence-electron chi connectivity index (χ3n) is 4.73. The first-order valence-corrected chi connectivity index (χ1v) is 9.05. The van der Waals surface area contributed by atoms with Gasteiger partial charge in [0.25, 0.3) is 5.91 Å².